The number of hydrogen-bond acceptors (Lipinski definition) is 2. The monoisotopic (exact) mass is 307 g/mol. The molecule has 5 heteroatoms. The van der Waals surface area contributed by atoms with Crippen LogP contribution in [0.4, 0.5) is 4.39 Å². The Kier molecular flexibility index (Phi) is 5.31. The van der Waals surface area contributed by atoms with Gasteiger partial charge in [0, 0.05) is 10.6 Å². The van der Waals surface area contributed by atoms with Crippen LogP contribution in [0, 0.1) is 5.82 Å². The Balaban J connectivity index is 2.07. The van der Waals surface area contributed by atoms with Crippen LogP contribution in [0.15, 0.2) is 48.5 Å². The zero-order valence-corrected chi connectivity index (χ0v) is 12.0. The van der Waals surface area contributed by atoms with E-state index in [4.69, 9.17) is 11.6 Å². The third kappa shape index (κ3) is 4.03. The molecule has 0 aliphatic carbocycles. The highest BCUT2D eigenvalue weighted by atomic mass is 35.5. The number of rotatable bonds is 5. The van der Waals surface area contributed by atoms with E-state index in [0.717, 1.165) is 0 Å². The molecule has 2 rings (SSSR count). The van der Waals surface area contributed by atoms with Crippen molar-refractivity contribution in [1.82, 2.24) is 5.32 Å². The molecule has 0 aliphatic rings. The van der Waals surface area contributed by atoms with Crippen molar-refractivity contribution >= 4 is 17.5 Å². The number of amides is 1. The summed E-state index contributed by atoms with van der Waals surface area (Å²) >= 11 is 5.99. The van der Waals surface area contributed by atoms with Crippen LogP contribution in [0.2, 0.25) is 5.02 Å². The summed E-state index contributed by atoms with van der Waals surface area (Å²) in [7, 11) is 0. The van der Waals surface area contributed by atoms with Crippen molar-refractivity contribution in [3.05, 3.63) is 70.5 Å². The van der Waals surface area contributed by atoms with E-state index in [2.05, 4.69) is 5.32 Å². The first-order chi connectivity index (χ1) is 10.1. The molecule has 110 valence electrons. The van der Waals surface area contributed by atoms with E-state index in [1.807, 2.05) is 0 Å². The van der Waals surface area contributed by atoms with Crippen LogP contribution in [0.5, 0.6) is 0 Å². The van der Waals surface area contributed by atoms with Crippen LogP contribution in [0.25, 0.3) is 0 Å². The number of nitrogens with one attached hydrogen (secondary N) is 1. The van der Waals surface area contributed by atoms with E-state index < -0.39 is 11.9 Å². The number of aliphatic hydroxyl groups is 1. The Hall–Kier alpha value is -1.91. The quantitative estimate of drug-likeness (QED) is 0.892. The maximum Gasteiger partial charge on any atom is 0.225 e. The average molecular weight is 308 g/mol. The molecular formula is C16H15ClFNO2. The largest absolute Gasteiger partial charge is 0.394 e. The van der Waals surface area contributed by atoms with Crippen LogP contribution in [0.1, 0.15) is 17.2 Å². The molecule has 1 amide bonds. The lowest BCUT2D eigenvalue weighted by Crippen LogP contribution is -2.32. The van der Waals surface area contributed by atoms with E-state index in [1.54, 1.807) is 36.4 Å². The Labute approximate surface area is 127 Å². The maximum atomic E-state index is 13.7. The van der Waals surface area contributed by atoms with Gasteiger partial charge in [-0.2, -0.15) is 0 Å². The molecule has 21 heavy (non-hydrogen) atoms. The predicted octanol–water partition coefficient (Wildman–Crippen LogP) is 2.87. The van der Waals surface area contributed by atoms with Crippen molar-refractivity contribution in [2.45, 2.75) is 12.5 Å². The summed E-state index contributed by atoms with van der Waals surface area (Å²) in [4.78, 5) is 12.0. The zero-order valence-electron chi connectivity index (χ0n) is 11.2. The Morgan fingerprint density at radius 2 is 1.86 bits per heavy atom. The van der Waals surface area contributed by atoms with Gasteiger partial charge in [0.1, 0.15) is 5.82 Å². The van der Waals surface area contributed by atoms with Crippen molar-refractivity contribution in [2.75, 3.05) is 6.61 Å². The van der Waals surface area contributed by atoms with Crippen molar-refractivity contribution in [2.24, 2.45) is 0 Å². The van der Waals surface area contributed by atoms with Gasteiger partial charge in [0.2, 0.25) is 5.91 Å². The minimum absolute atomic E-state index is 0.0740. The Morgan fingerprint density at radius 1 is 1.19 bits per heavy atom. The summed E-state index contributed by atoms with van der Waals surface area (Å²) in [5.41, 5.74) is 0.939. The number of benzene rings is 2. The van der Waals surface area contributed by atoms with Crippen molar-refractivity contribution in [1.29, 1.82) is 0 Å². The lowest BCUT2D eigenvalue weighted by Gasteiger charge is -2.17. The summed E-state index contributed by atoms with van der Waals surface area (Å²) in [6.07, 6.45) is 0.0740. The molecule has 2 aromatic rings. The van der Waals surface area contributed by atoms with Crippen LogP contribution in [-0.2, 0) is 11.2 Å². The smallest absolute Gasteiger partial charge is 0.225 e. The van der Waals surface area contributed by atoms with Crippen molar-refractivity contribution in [3.63, 3.8) is 0 Å². The molecule has 0 aromatic heterocycles. The summed E-state index contributed by atoms with van der Waals surface area (Å²) in [6.45, 7) is -0.380. The number of carbonyl (C=O) groups excluding carboxylic acids is 1. The van der Waals surface area contributed by atoms with Gasteiger partial charge in [-0.15, -0.1) is 0 Å². The second-order valence-corrected chi connectivity index (χ2v) is 5.00. The lowest BCUT2D eigenvalue weighted by atomic mass is 10.1. The van der Waals surface area contributed by atoms with Crippen LogP contribution in [0.3, 0.4) is 0 Å². The molecule has 1 atom stereocenters. The van der Waals surface area contributed by atoms with Gasteiger partial charge < -0.3 is 10.4 Å². The Morgan fingerprint density at radius 3 is 2.52 bits per heavy atom. The minimum atomic E-state index is -0.777. The first-order valence-electron chi connectivity index (χ1n) is 6.50. The first-order valence-corrected chi connectivity index (χ1v) is 6.87. The highest BCUT2D eigenvalue weighted by Crippen LogP contribution is 2.18. The van der Waals surface area contributed by atoms with Crippen LogP contribution in [-0.4, -0.2) is 17.6 Å². The fourth-order valence-corrected chi connectivity index (χ4v) is 2.24. The normalized spacial score (nSPS) is 12.0. The fourth-order valence-electron chi connectivity index (χ4n) is 2.04. The van der Waals surface area contributed by atoms with E-state index in [1.165, 1.54) is 12.1 Å². The molecule has 1 unspecified atom stereocenters. The third-order valence-electron chi connectivity index (χ3n) is 3.11. The number of hydrogen-bond donors (Lipinski definition) is 2. The van der Waals surface area contributed by atoms with Gasteiger partial charge in [-0.3, -0.25) is 4.79 Å². The van der Waals surface area contributed by atoms with Gasteiger partial charge in [-0.25, -0.2) is 4.39 Å². The molecule has 0 spiro atoms. The molecule has 0 bridgehead atoms. The van der Waals surface area contributed by atoms with E-state index in [0.29, 0.717) is 10.6 Å². The van der Waals surface area contributed by atoms with Crippen LogP contribution >= 0.6 is 11.6 Å². The third-order valence-corrected chi connectivity index (χ3v) is 3.48. The molecule has 0 heterocycles. The summed E-state index contributed by atoms with van der Waals surface area (Å²) in [5, 5.41) is 12.5. The summed E-state index contributed by atoms with van der Waals surface area (Å²) in [5.74, 6) is -0.792. The van der Waals surface area contributed by atoms with E-state index in [9.17, 15) is 14.3 Å². The molecule has 2 aromatic carbocycles. The fraction of sp³-hybridized carbons (Fsp3) is 0.188. The lowest BCUT2D eigenvalue weighted by molar-refractivity contribution is -0.121. The first kappa shape index (κ1) is 15.5. The van der Waals surface area contributed by atoms with Crippen LogP contribution < -0.4 is 5.32 Å². The molecule has 2 N–H and O–H groups in total. The van der Waals surface area contributed by atoms with E-state index in [-0.39, 0.29) is 24.5 Å². The minimum Gasteiger partial charge on any atom is -0.394 e. The number of aliphatic hydroxyl groups excluding tert-OH is 1. The second-order valence-electron chi connectivity index (χ2n) is 4.59. The predicted molar refractivity (Wildman–Crippen MR) is 79.5 cm³/mol. The van der Waals surface area contributed by atoms with Crippen molar-refractivity contribution < 1.29 is 14.3 Å². The van der Waals surface area contributed by atoms with Crippen molar-refractivity contribution in [3.8, 4) is 0 Å². The summed E-state index contributed by atoms with van der Waals surface area (Å²) < 4.78 is 13.7. The molecule has 0 radical (unpaired) electrons. The van der Waals surface area contributed by atoms with E-state index >= 15 is 0 Å². The van der Waals surface area contributed by atoms with Gasteiger partial charge >= 0.3 is 0 Å². The molecule has 0 aliphatic heterocycles. The van der Waals surface area contributed by atoms with Gasteiger partial charge in [0.15, 0.2) is 0 Å². The SMILES string of the molecule is O=C(Cc1ccccc1Cl)NC(CO)c1ccccc1F. The second kappa shape index (κ2) is 7.20. The van der Waals surface area contributed by atoms with Gasteiger partial charge in [0.25, 0.3) is 0 Å². The molecule has 0 fully saturated rings. The molecule has 3 nitrogen and oxygen atoms in total. The molecular weight excluding hydrogens is 293 g/mol. The van der Waals surface area contributed by atoms with Gasteiger partial charge in [-0.05, 0) is 17.7 Å². The molecule has 0 saturated heterocycles. The zero-order chi connectivity index (χ0) is 15.2. The average Bonchev–Trinajstić information content (AvgIpc) is 2.48. The highest BCUT2D eigenvalue weighted by molar-refractivity contribution is 6.31. The van der Waals surface area contributed by atoms with Gasteiger partial charge in [0.05, 0.1) is 19.1 Å². The number of carbonyl (C=O) groups is 1. The molecule has 0 saturated carbocycles. The highest BCUT2D eigenvalue weighted by Gasteiger charge is 2.17. The summed E-state index contributed by atoms with van der Waals surface area (Å²) in [6, 6.07) is 12.3. The Bertz CT molecular complexity index is 633. The number of halogens is 2. The standard InChI is InChI=1S/C16H15ClFNO2/c17-13-7-3-1-5-11(13)9-16(21)19-15(10-20)12-6-2-4-8-14(12)18/h1-8,15,20H,9-10H2,(H,19,21). The topological polar surface area (TPSA) is 49.3 Å². The van der Waals surface area contributed by atoms with Gasteiger partial charge in [-0.1, -0.05) is 48.0 Å². The maximum absolute atomic E-state index is 13.7.